The fourth-order valence-corrected chi connectivity index (χ4v) is 3.16. The monoisotopic (exact) mass is 311 g/mol. The molecule has 0 radical (unpaired) electrons. The first kappa shape index (κ1) is 15.7. The van der Waals surface area contributed by atoms with Gasteiger partial charge in [0.1, 0.15) is 0 Å². The fourth-order valence-electron chi connectivity index (χ4n) is 2.05. The third kappa shape index (κ3) is 3.93. The topological polar surface area (TPSA) is 81.0 Å². The van der Waals surface area contributed by atoms with Crippen LogP contribution in [-0.4, -0.2) is 36.4 Å². The Morgan fingerprint density at radius 2 is 2.10 bits per heavy atom. The maximum Gasteiger partial charge on any atom is 0.242 e. The first-order valence-corrected chi connectivity index (χ1v) is 8.19. The van der Waals surface area contributed by atoms with Crippen molar-refractivity contribution in [3.63, 3.8) is 0 Å². The van der Waals surface area contributed by atoms with Gasteiger partial charge in [-0.15, -0.1) is 0 Å². The summed E-state index contributed by atoms with van der Waals surface area (Å²) >= 11 is 0. The molecule has 0 aromatic carbocycles. The number of aromatic nitrogens is 3. The van der Waals surface area contributed by atoms with E-state index in [0.717, 1.165) is 11.3 Å². The smallest absolute Gasteiger partial charge is 0.242 e. The second kappa shape index (κ2) is 6.42. The van der Waals surface area contributed by atoms with Crippen molar-refractivity contribution in [2.24, 2.45) is 7.05 Å². The average Bonchev–Trinajstić information content (AvgIpc) is 2.98. The van der Waals surface area contributed by atoms with E-state index in [2.05, 4.69) is 15.1 Å². The molecule has 8 heteroatoms. The van der Waals surface area contributed by atoms with Crippen molar-refractivity contribution >= 4 is 10.0 Å². The molecule has 2 aromatic rings. The van der Waals surface area contributed by atoms with Gasteiger partial charge in [0, 0.05) is 38.2 Å². The number of nitrogens with one attached hydrogen (secondary N) is 2. The lowest BCUT2D eigenvalue weighted by atomic mass is 10.4. The van der Waals surface area contributed by atoms with Crippen LogP contribution in [0.3, 0.4) is 0 Å². The highest BCUT2D eigenvalue weighted by Gasteiger charge is 2.16. The Morgan fingerprint density at radius 1 is 1.33 bits per heavy atom. The van der Waals surface area contributed by atoms with Gasteiger partial charge in [-0.1, -0.05) is 0 Å². The lowest BCUT2D eigenvalue weighted by Gasteiger charge is -2.05. The summed E-state index contributed by atoms with van der Waals surface area (Å²) in [6, 6.07) is 1.68. The Kier molecular flexibility index (Phi) is 4.81. The molecule has 0 aliphatic heterocycles. The molecule has 2 aromatic heterocycles. The van der Waals surface area contributed by atoms with Gasteiger partial charge < -0.3 is 9.88 Å². The van der Waals surface area contributed by atoms with Crippen LogP contribution in [0.25, 0.3) is 0 Å². The molecule has 116 valence electrons. The molecule has 0 saturated carbocycles. The molecule has 2 heterocycles. The van der Waals surface area contributed by atoms with Gasteiger partial charge >= 0.3 is 0 Å². The van der Waals surface area contributed by atoms with Crippen molar-refractivity contribution in [1.82, 2.24) is 24.4 Å². The van der Waals surface area contributed by atoms with E-state index in [4.69, 9.17) is 0 Å². The molecule has 7 nitrogen and oxygen atoms in total. The highest BCUT2D eigenvalue weighted by molar-refractivity contribution is 7.89. The SMILES string of the molecule is CNCc1cc(S(=O)(=O)NCCn2cc(C)cn2)cn1C. The summed E-state index contributed by atoms with van der Waals surface area (Å²) < 4.78 is 30.6. The Hall–Kier alpha value is -1.64. The van der Waals surface area contributed by atoms with E-state index in [1.165, 1.54) is 0 Å². The quantitative estimate of drug-likeness (QED) is 0.767. The minimum Gasteiger partial charge on any atom is -0.352 e. The van der Waals surface area contributed by atoms with E-state index in [-0.39, 0.29) is 4.90 Å². The summed E-state index contributed by atoms with van der Waals surface area (Å²) in [4.78, 5) is 0.284. The van der Waals surface area contributed by atoms with E-state index in [9.17, 15) is 8.42 Å². The summed E-state index contributed by atoms with van der Waals surface area (Å²) in [7, 11) is 0.173. The summed E-state index contributed by atoms with van der Waals surface area (Å²) in [5, 5.41) is 7.13. The van der Waals surface area contributed by atoms with E-state index in [0.29, 0.717) is 19.6 Å². The van der Waals surface area contributed by atoms with Crippen LogP contribution < -0.4 is 10.0 Å². The predicted molar refractivity (Wildman–Crippen MR) is 80.3 cm³/mol. The van der Waals surface area contributed by atoms with Gasteiger partial charge in [-0.2, -0.15) is 5.10 Å². The van der Waals surface area contributed by atoms with Crippen LogP contribution in [0, 0.1) is 6.92 Å². The van der Waals surface area contributed by atoms with Gasteiger partial charge in [-0.25, -0.2) is 13.1 Å². The van der Waals surface area contributed by atoms with Crippen LogP contribution in [0.2, 0.25) is 0 Å². The molecule has 0 spiro atoms. The number of sulfonamides is 1. The van der Waals surface area contributed by atoms with E-state index in [1.54, 1.807) is 23.1 Å². The number of aryl methyl sites for hydroxylation is 2. The molecule has 2 N–H and O–H groups in total. The third-order valence-electron chi connectivity index (χ3n) is 3.15. The molecule has 0 saturated heterocycles. The number of hydrogen-bond acceptors (Lipinski definition) is 4. The van der Waals surface area contributed by atoms with Crippen molar-refractivity contribution in [1.29, 1.82) is 0 Å². The standard InChI is InChI=1S/C13H21N5O2S/c1-11-7-15-18(9-11)5-4-16-21(19,20)13-6-12(8-14-2)17(3)10-13/h6-7,9-10,14,16H,4-5,8H2,1-3H3. The zero-order valence-electron chi connectivity index (χ0n) is 12.5. The van der Waals surface area contributed by atoms with Crippen LogP contribution in [0.15, 0.2) is 29.6 Å². The number of rotatable bonds is 7. The first-order chi connectivity index (χ1) is 9.92. The molecule has 21 heavy (non-hydrogen) atoms. The molecule has 0 unspecified atom stereocenters. The van der Waals surface area contributed by atoms with Crippen LogP contribution >= 0.6 is 0 Å². The van der Waals surface area contributed by atoms with Crippen molar-refractivity contribution < 1.29 is 8.42 Å². The average molecular weight is 311 g/mol. The predicted octanol–water partition coefficient (Wildman–Crippen LogP) is 0.228. The minimum atomic E-state index is -3.48. The highest BCUT2D eigenvalue weighted by Crippen LogP contribution is 2.13. The number of nitrogens with zero attached hydrogens (tertiary/aromatic N) is 3. The molecule has 0 bridgehead atoms. The molecule has 0 aliphatic rings. The molecule has 2 rings (SSSR count). The maximum absolute atomic E-state index is 12.2. The summed E-state index contributed by atoms with van der Waals surface area (Å²) in [5.41, 5.74) is 1.97. The Bertz CT molecular complexity index is 702. The highest BCUT2D eigenvalue weighted by atomic mass is 32.2. The number of hydrogen-bond donors (Lipinski definition) is 2. The molecule has 0 atom stereocenters. The van der Waals surface area contributed by atoms with Crippen molar-refractivity contribution in [2.75, 3.05) is 13.6 Å². The Morgan fingerprint density at radius 3 is 2.71 bits per heavy atom. The Labute approximate surface area is 125 Å². The van der Waals surface area contributed by atoms with Gasteiger partial charge in [-0.3, -0.25) is 4.68 Å². The fraction of sp³-hybridized carbons (Fsp3) is 0.462. The minimum absolute atomic E-state index is 0.284. The second-order valence-corrected chi connectivity index (χ2v) is 6.75. The van der Waals surface area contributed by atoms with Gasteiger partial charge in [0.15, 0.2) is 0 Å². The molecular weight excluding hydrogens is 290 g/mol. The summed E-state index contributed by atoms with van der Waals surface area (Å²) in [6.45, 7) is 3.38. The third-order valence-corrected chi connectivity index (χ3v) is 4.57. The van der Waals surface area contributed by atoms with Crippen LogP contribution in [0.4, 0.5) is 0 Å². The normalized spacial score (nSPS) is 12.0. The zero-order valence-corrected chi connectivity index (χ0v) is 13.3. The van der Waals surface area contributed by atoms with Crippen molar-refractivity contribution in [2.45, 2.75) is 24.9 Å². The summed E-state index contributed by atoms with van der Waals surface area (Å²) in [6.07, 6.45) is 5.24. The van der Waals surface area contributed by atoms with E-state index >= 15 is 0 Å². The molecule has 0 fully saturated rings. The summed E-state index contributed by atoms with van der Waals surface area (Å²) in [5.74, 6) is 0. The largest absolute Gasteiger partial charge is 0.352 e. The lowest BCUT2D eigenvalue weighted by molar-refractivity contribution is 0.560. The second-order valence-electron chi connectivity index (χ2n) is 4.99. The van der Waals surface area contributed by atoms with Gasteiger partial charge in [0.2, 0.25) is 10.0 Å². The molecule has 0 amide bonds. The lowest BCUT2D eigenvalue weighted by Crippen LogP contribution is -2.27. The van der Waals surface area contributed by atoms with Gasteiger partial charge in [-0.05, 0) is 25.6 Å². The van der Waals surface area contributed by atoms with E-state index in [1.807, 2.05) is 31.8 Å². The van der Waals surface area contributed by atoms with Gasteiger partial charge in [0.05, 0.1) is 17.6 Å². The maximum atomic E-state index is 12.2. The van der Waals surface area contributed by atoms with E-state index < -0.39 is 10.0 Å². The Balaban J connectivity index is 1.99. The zero-order chi connectivity index (χ0) is 15.5. The molecule has 0 aliphatic carbocycles. The van der Waals surface area contributed by atoms with Crippen molar-refractivity contribution in [3.8, 4) is 0 Å². The molecular formula is C13H21N5O2S. The van der Waals surface area contributed by atoms with Crippen LogP contribution in [0.5, 0.6) is 0 Å². The van der Waals surface area contributed by atoms with Gasteiger partial charge in [0.25, 0.3) is 0 Å². The van der Waals surface area contributed by atoms with Crippen LogP contribution in [0.1, 0.15) is 11.3 Å². The van der Waals surface area contributed by atoms with Crippen LogP contribution in [-0.2, 0) is 30.2 Å². The first-order valence-electron chi connectivity index (χ1n) is 6.71. The van der Waals surface area contributed by atoms with Crippen molar-refractivity contribution in [3.05, 3.63) is 35.9 Å².